The first-order chi connectivity index (χ1) is 12.8. The standard InChI is InChI=1S/C21H26N2O3S/c1-14-7-6-8-15(11-14)26-10-5-4-9-18(25)23-20-22-16-12-21(2,3)13-17(24)19(16)27-20/h6-8,11H,4-5,9-10,12-13H2,1-3H3,(H,22,23,25). The minimum atomic E-state index is -0.0663. The Morgan fingerprint density at radius 3 is 2.89 bits per heavy atom. The number of benzene rings is 1. The number of hydrogen-bond acceptors (Lipinski definition) is 5. The van der Waals surface area contributed by atoms with Crippen LogP contribution in [0.15, 0.2) is 24.3 Å². The van der Waals surface area contributed by atoms with Gasteiger partial charge < -0.3 is 10.1 Å². The maximum absolute atomic E-state index is 12.2. The molecular weight excluding hydrogens is 360 g/mol. The van der Waals surface area contributed by atoms with Crippen LogP contribution < -0.4 is 10.1 Å². The van der Waals surface area contributed by atoms with Crippen LogP contribution in [0.2, 0.25) is 0 Å². The number of ether oxygens (including phenoxy) is 1. The fourth-order valence-electron chi connectivity index (χ4n) is 3.24. The van der Waals surface area contributed by atoms with Gasteiger partial charge in [0, 0.05) is 12.8 Å². The van der Waals surface area contributed by atoms with Crippen molar-refractivity contribution in [2.45, 2.75) is 52.9 Å². The van der Waals surface area contributed by atoms with Gasteiger partial charge in [0.15, 0.2) is 10.9 Å². The van der Waals surface area contributed by atoms with E-state index < -0.39 is 0 Å². The molecule has 0 atom stereocenters. The molecule has 1 aromatic heterocycles. The van der Waals surface area contributed by atoms with E-state index in [0.717, 1.165) is 30.7 Å². The van der Waals surface area contributed by atoms with E-state index in [2.05, 4.69) is 24.1 Å². The summed E-state index contributed by atoms with van der Waals surface area (Å²) in [6.45, 7) is 6.77. The predicted molar refractivity (Wildman–Crippen MR) is 108 cm³/mol. The maximum Gasteiger partial charge on any atom is 0.226 e. The van der Waals surface area contributed by atoms with Crippen LogP contribution in [0.1, 0.15) is 60.5 Å². The summed E-state index contributed by atoms with van der Waals surface area (Å²) in [6, 6.07) is 7.94. The topological polar surface area (TPSA) is 68.3 Å². The van der Waals surface area contributed by atoms with E-state index in [0.29, 0.717) is 29.5 Å². The smallest absolute Gasteiger partial charge is 0.226 e. The van der Waals surface area contributed by atoms with Gasteiger partial charge in [0.2, 0.25) is 5.91 Å². The highest BCUT2D eigenvalue weighted by Crippen LogP contribution is 2.38. The third-order valence-corrected chi connectivity index (χ3v) is 5.59. The minimum Gasteiger partial charge on any atom is -0.494 e. The summed E-state index contributed by atoms with van der Waals surface area (Å²) in [5.74, 6) is 0.927. The number of aromatic nitrogens is 1. The monoisotopic (exact) mass is 386 g/mol. The van der Waals surface area contributed by atoms with E-state index in [4.69, 9.17) is 4.74 Å². The lowest BCUT2D eigenvalue weighted by molar-refractivity contribution is -0.116. The zero-order valence-electron chi connectivity index (χ0n) is 16.1. The molecule has 0 bridgehead atoms. The molecule has 27 heavy (non-hydrogen) atoms. The van der Waals surface area contributed by atoms with Crippen LogP contribution in [0.25, 0.3) is 0 Å². The van der Waals surface area contributed by atoms with Gasteiger partial charge in [0.05, 0.1) is 17.2 Å². The van der Waals surface area contributed by atoms with E-state index in [1.165, 1.54) is 16.9 Å². The van der Waals surface area contributed by atoms with E-state index in [1.54, 1.807) is 0 Å². The van der Waals surface area contributed by atoms with E-state index in [-0.39, 0.29) is 17.1 Å². The summed E-state index contributed by atoms with van der Waals surface area (Å²) < 4.78 is 5.69. The number of aryl methyl sites for hydroxylation is 1. The van der Waals surface area contributed by atoms with E-state index in [1.807, 2.05) is 31.2 Å². The second-order valence-corrected chi connectivity index (χ2v) is 8.91. The molecule has 1 aliphatic carbocycles. The molecule has 0 radical (unpaired) electrons. The molecule has 0 saturated carbocycles. The largest absolute Gasteiger partial charge is 0.494 e. The summed E-state index contributed by atoms with van der Waals surface area (Å²) in [5.41, 5.74) is 1.93. The van der Waals surface area contributed by atoms with Gasteiger partial charge in [-0.2, -0.15) is 0 Å². The van der Waals surface area contributed by atoms with Crippen molar-refractivity contribution >= 4 is 28.2 Å². The number of anilines is 1. The number of carbonyl (C=O) groups is 2. The zero-order valence-corrected chi connectivity index (χ0v) is 16.9. The van der Waals surface area contributed by atoms with Crippen molar-refractivity contribution in [2.24, 2.45) is 5.41 Å². The van der Waals surface area contributed by atoms with Crippen LogP contribution in [-0.4, -0.2) is 23.3 Å². The number of carbonyl (C=O) groups excluding carboxylic acids is 2. The second kappa shape index (κ2) is 8.21. The summed E-state index contributed by atoms with van der Waals surface area (Å²) in [6.07, 6.45) is 3.28. The van der Waals surface area contributed by atoms with Crippen molar-refractivity contribution < 1.29 is 14.3 Å². The fourth-order valence-corrected chi connectivity index (χ4v) is 4.17. The van der Waals surface area contributed by atoms with Crippen LogP contribution in [0.5, 0.6) is 5.75 Å². The highest BCUT2D eigenvalue weighted by atomic mass is 32.1. The molecule has 3 rings (SSSR count). The third-order valence-electron chi connectivity index (χ3n) is 4.54. The van der Waals surface area contributed by atoms with Crippen LogP contribution in [-0.2, 0) is 11.2 Å². The molecule has 1 amide bonds. The Bertz CT molecular complexity index is 842. The Labute approximate surface area is 164 Å². The Morgan fingerprint density at radius 1 is 1.30 bits per heavy atom. The summed E-state index contributed by atoms with van der Waals surface area (Å²) in [4.78, 5) is 29.5. The Morgan fingerprint density at radius 2 is 2.11 bits per heavy atom. The van der Waals surface area contributed by atoms with Crippen molar-refractivity contribution in [3.63, 3.8) is 0 Å². The van der Waals surface area contributed by atoms with Gasteiger partial charge in [-0.3, -0.25) is 9.59 Å². The first-order valence-electron chi connectivity index (χ1n) is 9.35. The van der Waals surface area contributed by atoms with Crippen LogP contribution in [0.3, 0.4) is 0 Å². The number of rotatable bonds is 7. The van der Waals surface area contributed by atoms with Crippen LogP contribution in [0, 0.1) is 12.3 Å². The molecule has 144 valence electrons. The lowest BCUT2D eigenvalue weighted by Gasteiger charge is -2.26. The highest BCUT2D eigenvalue weighted by molar-refractivity contribution is 7.17. The molecule has 1 aliphatic rings. The molecule has 2 aromatic rings. The van der Waals surface area contributed by atoms with E-state index >= 15 is 0 Å². The van der Waals surface area contributed by atoms with E-state index in [9.17, 15) is 9.59 Å². The van der Waals surface area contributed by atoms with Gasteiger partial charge in [0.1, 0.15) is 5.75 Å². The summed E-state index contributed by atoms with van der Waals surface area (Å²) in [5, 5.41) is 3.37. The minimum absolute atomic E-state index is 0.0588. The average molecular weight is 387 g/mol. The summed E-state index contributed by atoms with van der Waals surface area (Å²) >= 11 is 1.30. The van der Waals surface area contributed by atoms with Gasteiger partial charge in [-0.15, -0.1) is 0 Å². The second-order valence-electron chi connectivity index (χ2n) is 7.91. The van der Waals surface area contributed by atoms with Crippen molar-refractivity contribution in [3.05, 3.63) is 40.4 Å². The van der Waals surface area contributed by atoms with Gasteiger partial charge in [0.25, 0.3) is 0 Å². The molecule has 5 nitrogen and oxygen atoms in total. The number of fused-ring (bicyclic) bond motifs is 1. The lowest BCUT2D eigenvalue weighted by Crippen LogP contribution is -2.26. The SMILES string of the molecule is Cc1cccc(OCCCCC(=O)Nc2nc3c(s2)C(=O)CC(C)(C)C3)c1. The Balaban J connectivity index is 1.42. The molecular formula is C21H26N2O3S. The number of nitrogens with zero attached hydrogens (tertiary/aromatic N) is 1. The number of thiazole rings is 1. The molecule has 0 spiro atoms. The molecule has 0 unspecified atom stereocenters. The van der Waals surface area contributed by atoms with Crippen LogP contribution in [0.4, 0.5) is 5.13 Å². The number of unbranched alkanes of at least 4 members (excludes halogenated alkanes) is 1. The van der Waals surface area contributed by atoms with Crippen molar-refractivity contribution in [1.82, 2.24) is 4.98 Å². The summed E-state index contributed by atoms with van der Waals surface area (Å²) in [7, 11) is 0. The van der Waals surface area contributed by atoms with Gasteiger partial charge >= 0.3 is 0 Å². The van der Waals surface area contributed by atoms with Crippen LogP contribution >= 0.6 is 11.3 Å². The first-order valence-corrected chi connectivity index (χ1v) is 10.2. The van der Waals surface area contributed by atoms with Gasteiger partial charge in [-0.05, 0) is 49.3 Å². The van der Waals surface area contributed by atoms with Gasteiger partial charge in [-0.25, -0.2) is 4.98 Å². The first kappa shape index (κ1) is 19.5. The Hall–Kier alpha value is -2.21. The van der Waals surface area contributed by atoms with Gasteiger partial charge in [-0.1, -0.05) is 37.3 Å². The van der Waals surface area contributed by atoms with Crippen molar-refractivity contribution in [3.8, 4) is 5.75 Å². The maximum atomic E-state index is 12.2. The number of ketones is 1. The molecule has 1 heterocycles. The molecule has 0 fully saturated rings. The van der Waals surface area contributed by atoms with Crippen molar-refractivity contribution in [2.75, 3.05) is 11.9 Å². The highest BCUT2D eigenvalue weighted by Gasteiger charge is 2.34. The molecule has 1 N–H and O–H groups in total. The quantitative estimate of drug-likeness (QED) is 0.695. The predicted octanol–water partition coefficient (Wildman–Crippen LogP) is 4.79. The average Bonchev–Trinajstić information content (AvgIpc) is 2.95. The number of hydrogen-bond donors (Lipinski definition) is 1. The number of nitrogens with one attached hydrogen (secondary N) is 1. The molecule has 0 saturated heterocycles. The Kier molecular flexibility index (Phi) is 5.95. The third kappa shape index (κ3) is 5.39. The molecule has 1 aromatic carbocycles. The molecule has 6 heteroatoms. The zero-order chi connectivity index (χ0) is 19.4. The number of amides is 1. The lowest BCUT2D eigenvalue weighted by atomic mass is 9.78. The fraction of sp³-hybridized carbons (Fsp3) is 0.476. The normalized spacial score (nSPS) is 15.3. The molecule has 0 aliphatic heterocycles. The van der Waals surface area contributed by atoms with Crippen molar-refractivity contribution in [1.29, 1.82) is 0 Å². The number of Topliss-reactive ketones (excluding diaryl/α,β-unsaturated/α-hetero) is 1.